The Labute approximate surface area is 170 Å². The largest absolute Gasteiger partial charge is 0.325 e. The molecule has 1 heterocycles. The van der Waals surface area contributed by atoms with Crippen LogP contribution in [0.3, 0.4) is 0 Å². The van der Waals surface area contributed by atoms with Crippen molar-refractivity contribution in [3.05, 3.63) is 52.2 Å². The van der Waals surface area contributed by atoms with Crippen LogP contribution in [0.4, 0.5) is 5.69 Å². The number of hydrogen-bond acceptors (Lipinski definition) is 4. The van der Waals surface area contributed by atoms with Crippen molar-refractivity contribution in [2.24, 2.45) is 0 Å². The van der Waals surface area contributed by atoms with E-state index >= 15 is 0 Å². The SMILES string of the molecule is CCCCc1ccc(C#N)c(SC(CC)C(=O)Nc2cccc(Cl)c2C)n1. The van der Waals surface area contributed by atoms with Gasteiger partial charge in [-0.25, -0.2) is 4.98 Å². The molecule has 0 saturated heterocycles. The lowest BCUT2D eigenvalue weighted by molar-refractivity contribution is -0.115. The van der Waals surface area contributed by atoms with Crippen LogP contribution < -0.4 is 5.32 Å². The summed E-state index contributed by atoms with van der Waals surface area (Å²) in [5.74, 6) is -0.113. The van der Waals surface area contributed by atoms with Crippen molar-refractivity contribution in [3.63, 3.8) is 0 Å². The van der Waals surface area contributed by atoms with Crippen LogP contribution in [0, 0.1) is 18.3 Å². The second-order valence-electron chi connectivity index (χ2n) is 6.29. The van der Waals surface area contributed by atoms with E-state index in [1.54, 1.807) is 12.1 Å². The molecule has 0 radical (unpaired) electrons. The van der Waals surface area contributed by atoms with Gasteiger partial charge in [0.2, 0.25) is 5.91 Å². The number of hydrogen-bond donors (Lipinski definition) is 1. The highest BCUT2D eigenvalue weighted by atomic mass is 35.5. The van der Waals surface area contributed by atoms with E-state index < -0.39 is 0 Å². The number of nitriles is 1. The van der Waals surface area contributed by atoms with E-state index in [9.17, 15) is 10.1 Å². The number of carbonyl (C=O) groups excluding carboxylic acids is 1. The van der Waals surface area contributed by atoms with Gasteiger partial charge in [0.1, 0.15) is 11.1 Å². The number of anilines is 1. The zero-order chi connectivity index (χ0) is 19.8. The third-order valence-electron chi connectivity index (χ3n) is 4.27. The molecule has 1 atom stereocenters. The Balaban J connectivity index is 2.19. The average molecular weight is 402 g/mol. The maximum Gasteiger partial charge on any atom is 0.237 e. The molecule has 0 aliphatic heterocycles. The number of pyridine rings is 1. The Morgan fingerprint density at radius 1 is 1.33 bits per heavy atom. The van der Waals surface area contributed by atoms with Gasteiger partial charge in [0.25, 0.3) is 0 Å². The van der Waals surface area contributed by atoms with Gasteiger partial charge in [-0.15, -0.1) is 0 Å². The molecular formula is C21H24ClN3OS. The summed E-state index contributed by atoms with van der Waals surface area (Å²) < 4.78 is 0. The number of nitrogens with one attached hydrogen (secondary N) is 1. The number of carbonyl (C=O) groups is 1. The normalized spacial score (nSPS) is 11.7. The predicted octanol–water partition coefficient (Wildman–Crippen LogP) is 5.77. The molecule has 0 bridgehead atoms. The van der Waals surface area contributed by atoms with E-state index in [1.165, 1.54) is 11.8 Å². The first kappa shape index (κ1) is 21.3. The van der Waals surface area contributed by atoms with Crippen LogP contribution in [0.5, 0.6) is 0 Å². The van der Waals surface area contributed by atoms with E-state index in [0.717, 1.165) is 30.5 Å². The second kappa shape index (κ2) is 10.3. The summed E-state index contributed by atoms with van der Waals surface area (Å²) in [6.45, 7) is 5.96. The number of nitrogens with zero attached hydrogens (tertiary/aromatic N) is 2. The van der Waals surface area contributed by atoms with Crippen LogP contribution in [-0.4, -0.2) is 16.1 Å². The topological polar surface area (TPSA) is 65.8 Å². The molecular weight excluding hydrogens is 378 g/mol. The van der Waals surface area contributed by atoms with Crippen LogP contribution in [0.1, 0.15) is 49.9 Å². The molecule has 0 fully saturated rings. The highest BCUT2D eigenvalue weighted by Crippen LogP contribution is 2.29. The van der Waals surface area contributed by atoms with Crippen LogP contribution >= 0.6 is 23.4 Å². The van der Waals surface area contributed by atoms with Crippen molar-refractivity contribution in [2.75, 3.05) is 5.32 Å². The lowest BCUT2D eigenvalue weighted by Gasteiger charge is -2.17. The molecule has 0 saturated carbocycles. The summed E-state index contributed by atoms with van der Waals surface area (Å²) in [5, 5.41) is 13.2. The zero-order valence-electron chi connectivity index (χ0n) is 15.9. The predicted molar refractivity (Wildman–Crippen MR) is 112 cm³/mol. The Kier molecular flexibility index (Phi) is 8.15. The Morgan fingerprint density at radius 2 is 2.11 bits per heavy atom. The van der Waals surface area contributed by atoms with Gasteiger partial charge in [0.15, 0.2) is 0 Å². The summed E-state index contributed by atoms with van der Waals surface area (Å²) in [6.07, 6.45) is 3.64. The van der Waals surface area contributed by atoms with E-state index in [0.29, 0.717) is 27.7 Å². The number of rotatable bonds is 8. The van der Waals surface area contributed by atoms with Crippen LogP contribution in [0.15, 0.2) is 35.4 Å². The highest BCUT2D eigenvalue weighted by molar-refractivity contribution is 8.00. The number of aromatic nitrogens is 1. The molecule has 2 rings (SSSR count). The Hall–Kier alpha value is -2.03. The van der Waals surface area contributed by atoms with Gasteiger partial charge in [0, 0.05) is 16.4 Å². The molecule has 1 aromatic heterocycles. The lowest BCUT2D eigenvalue weighted by atomic mass is 10.2. The maximum absolute atomic E-state index is 12.8. The minimum atomic E-state index is -0.343. The molecule has 1 aromatic carbocycles. The number of benzene rings is 1. The number of aryl methyl sites for hydroxylation is 1. The molecule has 0 aliphatic carbocycles. The number of halogens is 1. The minimum absolute atomic E-state index is 0.113. The van der Waals surface area contributed by atoms with Crippen molar-refractivity contribution < 1.29 is 4.79 Å². The smallest absolute Gasteiger partial charge is 0.237 e. The molecule has 0 aliphatic rings. The summed E-state index contributed by atoms with van der Waals surface area (Å²) >= 11 is 7.48. The van der Waals surface area contributed by atoms with E-state index in [4.69, 9.17) is 11.6 Å². The monoisotopic (exact) mass is 401 g/mol. The van der Waals surface area contributed by atoms with Crippen LogP contribution in [-0.2, 0) is 11.2 Å². The maximum atomic E-state index is 12.8. The van der Waals surface area contributed by atoms with E-state index in [2.05, 4.69) is 23.3 Å². The summed E-state index contributed by atoms with van der Waals surface area (Å²) in [4.78, 5) is 17.4. The average Bonchev–Trinajstić information content (AvgIpc) is 2.67. The first-order valence-electron chi connectivity index (χ1n) is 9.12. The van der Waals surface area contributed by atoms with Crippen molar-refractivity contribution in [1.82, 2.24) is 4.98 Å². The Morgan fingerprint density at radius 3 is 2.78 bits per heavy atom. The molecule has 27 heavy (non-hydrogen) atoms. The lowest BCUT2D eigenvalue weighted by Crippen LogP contribution is -2.25. The van der Waals surface area contributed by atoms with Gasteiger partial charge in [0.05, 0.1) is 10.8 Å². The number of amides is 1. The molecule has 6 heteroatoms. The van der Waals surface area contributed by atoms with Crippen LogP contribution in [0.2, 0.25) is 5.02 Å². The van der Waals surface area contributed by atoms with Crippen molar-refractivity contribution >= 4 is 35.0 Å². The third-order valence-corrected chi connectivity index (χ3v) is 6.04. The second-order valence-corrected chi connectivity index (χ2v) is 7.89. The molecule has 4 nitrogen and oxygen atoms in total. The fourth-order valence-electron chi connectivity index (χ4n) is 2.56. The minimum Gasteiger partial charge on any atom is -0.325 e. The van der Waals surface area contributed by atoms with E-state index in [1.807, 2.05) is 32.0 Å². The van der Waals surface area contributed by atoms with E-state index in [-0.39, 0.29) is 11.2 Å². The summed E-state index contributed by atoms with van der Waals surface area (Å²) in [6, 6.07) is 11.3. The Bertz CT molecular complexity index is 848. The highest BCUT2D eigenvalue weighted by Gasteiger charge is 2.21. The van der Waals surface area contributed by atoms with Gasteiger partial charge >= 0.3 is 0 Å². The van der Waals surface area contributed by atoms with Gasteiger partial charge in [-0.05, 0) is 56.0 Å². The molecule has 1 N–H and O–H groups in total. The van der Waals surface area contributed by atoms with Crippen molar-refractivity contribution in [2.45, 2.75) is 56.7 Å². The van der Waals surface area contributed by atoms with Gasteiger partial charge in [-0.2, -0.15) is 5.26 Å². The summed E-state index contributed by atoms with van der Waals surface area (Å²) in [5.41, 5.74) is 3.01. The van der Waals surface area contributed by atoms with Crippen molar-refractivity contribution in [1.29, 1.82) is 5.26 Å². The first-order chi connectivity index (χ1) is 13.0. The molecule has 0 spiro atoms. The molecule has 2 aromatic rings. The van der Waals surface area contributed by atoms with Crippen molar-refractivity contribution in [3.8, 4) is 6.07 Å². The molecule has 1 amide bonds. The third kappa shape index (κ3) is 5.72. The van der Waals surface area contributed by atoms with Crippen LogP contribution in [0.25, 0.3) is 0 Å². The summed E-state index contributed by atoms with van der Waals surface area (Å²) in [7, 11) is 0. The molecule has 142 valence electrons. The first-order valence-corrected chi connectivity index (χ1v) is 10.4. The standard InChI is InChI=1S/C21H24ClN3OS/c1-4-6-8-16-12-11-15(13-23)21(24-16)27-19(5-2)20(26)25-18-10-7-9-17(22)14(18)3/h7,9-12,19H,4-6,8H2,1-3H3,(H,25,26). The fourth-order valence-corrected chi connectivity index (χ4v) is 3.75. The zero-order valence-corrected chi connectivity index (χ0v) is 17.5. The van der Waals surface area contributed by atoms with Gasteiger partial charge < -0.3 is 5.32 Å². The van der Waals surface area contributed by atoms with Gasteiger partial charge in [-0.1, -0.05) is 49.7 Å². The quantitative estimate of drug-likeness (QED) is 0.570. The van der Waals surface area contributed by atoms with Gasteiger partial charge in [-0.3, -0.25) is 4.79 Å². The number of thioether (sulfide) groups is 1. The number of unbranched alkanes of at least 4 members (excludes halogenated alkanes) is 1. The molecule has 1 unspecified atom stereocenters. The fraction of sp³-hybridized carbons (Fsp3) is 0.381.